The van der Waals surface area contributed by atoms with Gasteiger partial charge in [-0.05, 0) is 13.0 Å². The Morgan fingerprint density at radius 3 is 2.75 bits per heavy atom. The van der Waals surface area contributed by atoms with Gasteiger partial charge in [0.25, 0.3) is 11.6 Å². The molecule has 0 atom stereocenters. The molecule has 20 heavy (non-hydrogen) atoms. The Labute approximate surface area is 114 Å². The second kappa shape index (κ2) is 7.02. The van der Waals surface area contributed by atoms with Crippen molar-refractivity contribution in [1.82, 2.24) is 15.6 Å². The molecule has 0 saturated heterocycles. The Bertz CT molecular complexity index is 532. The zero-order valence-electron chi connectivity index (χ0n) is 10.9. The van der Waals surface area contributed by atoms with Gasteiger partial charge in [0.2, 0.25) is 5.91 Å². The number of carbonyl (C=O) groups excluding carboxylic acids is 2. The minimum atomic E-state index is -0.717. The molecule has 0 spiro atoms. The van der Waals surface area contributed by atoms with Crippen LogP contribution in [0.2, 0.25) is 0 Å². The normalized spacial score (nSPS) is 9.85. The molecule has 0 fully saturated rings. The highest BCUT2D eigenvalue weighted by Gasteiger charge is 2.21. The lowest BCUT2D eigenvalue weighted by atomic mass is 10.2. The summed E-state index contributed by atoms with van der Waals surface area (Å²) in [4.78, 5) is 36.7. The lowest BCUT2D eigenvalue weighted by Crippen LogP contribution is -2.31. The van der Waals surface area contributed by atoms with Gasteiger partial charge in [0, 0.05) is 19.5 Å². The predicted molar refractivity (Wildman–Crippen MR) is 70.9 cm³/mol. The molecule has 2 amide bonds. The van der Waals surface area contributed by atoms with E-state index < -0.39 is 16.5 Å². The molecule has 0 aromatic carbocycles. The van der Waals surface area contributed by atoms with Crippen molar-refractivity contribution < 1.29 is 14.5 Å². The maximum Gasteiger partial charge on any atom is 0.300 e. The van der Waals surface area contributed by atoms with E-state index in [1.807, 2.05) is 0 Å². The number of nitro groups is 1. The molecule has 1 aromatic rings. The Hall–Kier alpha value is -2.71. The number of nitrogen functional groups attached to an aromatic ring is 1. The molecular weight excluding hydrogens is 266 g/mol. The van der Waals surface area contributed by atoms with Gasteiger partial charge in [-0.15, -0.1) is 0 Å². The van der Waals surface area contributed by atoms with Gasteiger partial charge in [-0.1, -0.05) is 0 Å². The number of hydrogen-bond acceptors (Lipinski definition) is 6. The summed E-state index contributed by atoms with van der Waals surface area (Å²) < 4.78 is 0. The topological polar surface area (TPSA) is 140 Å². The van der Waals surface area contributed by atoms with Crippen molar-refractivity contribution in [3.8, 4) is 0 Å². The second-order valence-corrected chi connectivity index (χ2v) is 3.84. The zero-order valence-corrected chi connectivity index (χ0v) is 10.9. The molecule has 0 aliphatic carbocycles. The number of rotatable bonds is 6. The number of aromatic nitrogens is 1. The standard InChI is InChI=1S/C11H15N5O4/c1-2-13-10(17)3-4-14-11(18)7-5-9(12)15-6-8(7)16(19)20/h5-6H,2-4H2,1H3,(H2,12,15)(H,13,17)(H,14,18). The van der Waals surface area contributed by atoms with E-state index in [9.17, 15) is 19.7 Å². The first-order valence-corrected chi connectivity index (χ1v) is 5.90. The van der Waals surface area contributed by atoms with Crippen molar-refractivity contribution in [1.29, 1.82) is 0 Å². The van der Waals surface area contributed by atoms with Crippen LogP contribution in [0.15, 0.2) is 12.3 Å². The van der Waals surface area contributed by atoms with E-state index >= 15 is 0 Å². The van der Waals surface area contributed by atoms with Gasteiger partial charge in [0.15, 0.2) is 0 Å². The fourth-order valence-electron chi connectivity index (χ4n) is 1.46. The molecule has 108 valence electrons. The number of anilines is 1. The van der Waals surface area contributed by atoms with Crippen LogP contribution in [0.1, 0.15) is 23.7 Å². The highest BCUT2D eigenvalue weighted by Crippen LogP contribution is 2.18. The molecule has 4 N–H and O–H groups in total. The van der Waals surface area contributed by atoms with E-state index in [1.54, 1.807) is 6.92 Å². The van der Waals surface area contributed by atoms with E-state index in [4.69, 9.17) is 5.73 Å². The van der Waals surface area contributed by atoms with Gasteiger partial charge in [-0.2, -0.15) is 0 Å². The van der Waals surface area contributed by atoms with Gasteiger partial charge in [0.1, 0.15) is 17.6 Å². The molecule has 9 nitrogen and oxygen atoms in total. The van der Waals surface area contributed by atoms with Gasteiger partial charge >= 0.3 is 0 Å². The maximum atomic E-state index is 11.8. The molecule has 9 heteroatoms. The smallest absolute Gasteiger partial charge is 0.300 e. The van der Waals surface area contributed by atoms with E-state index in [2.05, 4.69) is 15.6 Å². The average Bonchev–Trinajstić information content (AvgIpc) is 2.38. The van der Waals surface area contributed by atoms with Crippen molar-refractivity contribution in [2.75, 3.05) is 18.8 Å². The van der Waals surface area contributed by atoms with Crippen LogP contribution in [0, 0.1) is 10.1 Å². The van der Waals surface area contributed by atoms with Crippen molar-refractivity contribution in [2.24, 2.45) is 0 Å². The first kappa shape index (κ1) is 15.3. The van der Waals surface area contributed by atoms with Gasteiger partial charge in [-0.3, -0.25) is 19.7 Å². The second-order valence-electron chi connectivity index (χ2n) is 3.84. The summed E-state index contributed by atoms with van der Waals surface area (Å²) in [7, 11) is 0. The van der Waals surface area contributed by atoms with Gasteiger partial charge in [0.05, 0.1) is 4.92 Å². The number of amides is 2. The van der Waals surface area contributed by atoms with Crippen molar-refractivity contribution in [3.05, 3.63) is 27.9 Å². The van der Waals surface area contributed by atoms with E-state index in [-0.39, 0.29) is 30.3 Å². The minimum Gasteiger partial charge on any atom is -0.384 e. The SMILES string of the molecule is CCNC(=O)CCNC(=O)c1cc(N)ncc1[N+](=O)[O-]. The molecule has 0 aliphatic rings. The summed E-state index contributed by atoms with van der Waals surface area (Å²) in [5.74, 6) is -0.879. The van der Waals surface area contributed by atoms with Crippen molar-refractivity contribution in [3.63, 3.8) is 0 Å². The highest BCUT2D eigenvalue weighted by molar-refractivity contribution is 5.98. The van der Waals surface area contributed by atoms with Crippen LogP contribution in [0.3, 0.4) is 0 Å². The van der Waals surface area contributed by atoms with Gasteiger partial charge in [-0.25, -0.2) is 4.98 Å². The molecular formula is C11H15N5O4. The van der Waals surface area contributed by atoms with Crippen LogP contribution < -0.4 is 16.4 Å². The highest BCUT2D eigenvalue weighted by atomic mass is 16.6. The molecule has 1 aromatic heterocycles. The van der Waals surface area contributed by atoms with E-state index in [0.717, 1.165) is 12.3 Å². The molecule has 1 heterocycles. The predicted octanol–water partition coefficient (Wildman–Crippen LogP) is -0.172. The van der Waals surface area contributed by atoms with E-state index in [1.165, 1.54) is 0 Å². The molecule has 0 radical (unpaired) electrons. The zero-order chi connectivity index (χ0) is 15.1. The largest absolute Gasteiger partial charge is 0.384 e. The molecule has 0 saturated carbocycles. The van der Waals surface area contributed by atoms with Crippen molar-refractivity contribution in [2.45, 2.75) is 13.3 Å². The number of hydrogen-bond donors (Lipinski definition) is 3. The number of nitrogens with two attached hydrogens (primary N) is 1. The summed E-state index contributed by atoms with van der Waals surface area (Å²) in [5, 5.41) is 15.8. The quantitative estimate of drug-likeness (QED) is 0.488. The van der Waals surface area contributed by atoms with Crippen LogP contribution in [0.5, 0.6) is 0 Å². The Morgan fingerprint density at radius 1 is 1.45 bits per heavy atom. The van der Waals surface area contributed by atoms with Crippen LogP contribution in [0.25, 0.3) is 0 Å². The van der Waals surface area contributed by atoms with Crippen molar-refractivity contribution >= 4 is 23.3 Å². The fourth-order valence-corrected chi connectivity index (χ4v) is 1.46. The Balaban J connectivity index is 2.70. The molecule has 0 aliphatic heterocycles. The molecule has 0 unspecified atom stereocenters. The minimum absolute atomic E-state index is 0.00414. The van der Waals surface area contributed by atoms with E-state index in [0.29, 0.717) is 6.54 Å². The van der Waals surface area contributed by atoms with Crippen LogP contribution in [-0.4, -0.2) is 34.8 Å². The number of nitrogens with zero attached hydrogens (tertiary/aromatic N) is 2. The van der Waals surface area contributed by atoms with Crippen LogP contribution >= 0.6 is 0 Å². The first-order valence-electron chi connectivity index (χ1n) is 5.90. The third-order valence-corrected chi connectivity index (χ3v) is 2.36. The van der Waals surface area contributed by atoms with Gasteiger partial charge < -0.3 is 16.4 Å². The molecule has 0 bridgehead atoms. The van der Waals surface area contributed by atoms with Crippen LogP contribution in [0.4, 0.5) is 11.5 Å². The number of pyridine rings is 1. The monoisotopic (exact) mass is 281 g/mol. The summed E-state index contributed by atoms with van der Waals surface area (Å²) in [6, 6.07) is 1.12. The first-order chi connectivity index (χ1) is 9.45. The fraction of sp³-hybridized carbons (Fsp3) is 0.364. The molecule has 1 rings (SSSR count). The number of carbonyl (C=O) groups is 2. The summed E-state index contributed by atoms with van der Waals surface area (Å²) in [6.07, 6.45) is 1.02. The van der Waals surface area contributed by atoms with Crippen LogP contribution in [-0.2, 0) is 4.79 Å². The Kier molecular flexibility index (Phi) is 5.39. The Morgan fingerprint density at radius 2 is 2.15 bits per heavy atom. The summed E-state index contributed by atoms with van der Waals surface area (Å²) >= 11 is 0. The summed E-state index contributed by atoms with van der Waals surface area (Å²) in [5.41, 5.74) is 4.79. The lowest BCUT2D eigenvalue weighted by molar-refractivity contribution is -0.385. The lowest BCUT2D eigenvalue weighted by Gasteiger charge is -2.06. The third-order valence-electron chi connectivity index (χ3n) is 2.36. The average molecular weight is 281 g/mol. The summed E-state index contributed by atoms with van der Waals surface area (Å²) in [6.45, 7) is 2.35. The maximum absolute atomic E-state index is 11.8. The third kappa shape index (κ3) is 4.19. The number of nitrogens with one attached hydrogen (secondary N) is 2.